The van der Waals surface area contributed by atoms with Crippen molar-refractivity contribution in [3.8, 4) is 11.8 Å². The van der Waals surface area contributed by atoms with Gasteiger partial charge in [0.15, 0.2) is 0 Å². The number of amides is 1. The van der Waals surface area contributed by atoms with Crippen molar-refractivity contribution in [2.24, 2.45) is 5.92 Å². The van der Waals surface area contributed by atoms with Crippen molar-refractivity contribution in [2.45, 2.75) is 65.1 Å². The number of nitrogens with one attached hydrogen (secondary N) is 1. The molecule has 1 aromatic carbocycles. The smallest absolute Gasteiger partial charge is 0.256 e. The van der Waals surface area contributed by atoms with Gasteiger partial charge in [-0.15, -0.1) is 0 Å². The molecular formula is C20H28N2O3. The largest absolute Gasteiger partial charge is 0.490 e. The summed E-state index contributed by atoms with van der Waals surface area (Å²) < 4.78 is 11.5. The van der Waals surface area contributed by atoms with Crippen LogP contribution in [0.15, 0.2) is 18.2 Å². The summed E-state index contributed by atoms with van der Waals surface area (Å²) in [7, 11) is 0. The second-order valence-corrected chi connectivity index (χ2v) is 7.05. The van der Waals surface area contributed by atoms with Crippen molar-refractivity contribution >= 4 is 11.6 Å². The second-order valence-electron chi connectivity index (χ2n) is 7.05. The van der Waals surface area contributed by atoms with E-state index in [1.165, 1.54) is 0 Å². The Morgan fingerprint density at radius 1 is 1.40 bits per heavy atom. The first kappa shape index (κ1) is 19.3. The highest BCUT2D eigenvalue weighted by atomic mass is 16.5. The molecule has 0 unspecified atom stereocenters. The quantitative estimate of drug-likeness (QED) is 0.836. The van der Waals surface area contributed by atoms with Crippen molar-refractivity contribution < 1.29 is 14.3 Å². The first-order valence-electron chi connectivity index (χ1n) is 9.06. The van der Waals surface area contributed by atoms with Gasteiger partial charge in [-0.3, -0.25) is 4.79 Å². The standard InChI is InChI=1S/C20H28N2O3/c1-5-24-20(10-8-15(4)9-11-20)19(23)22-17-6-7-18(25-14(2)3)16(12-17)13-21/h6-7,12,14-15H,5,8-11H2,1-4H3,(H,22,23). The first-order valence-corrected chi connectivity index (χ1v) is 9.06. The Labute approximate surface area is 150 Å². The average molecular weight is 344 g/mol. The average Bonchev–Trinajstić information content (AvgIpc) is 2.58. The van der Waals surface area contributed by atoms with Crippen molar-refractivity contribution in [3.63, 3.8) is 0 Å². The monoisotopic (exact) mass is 344 g/mol. The van der Waals surface area contributed by atoms with E-state index in [4.69, 9.17) is 9.47 Å². The predicted molar refractivity (Wildman–Crippen MR) is 97.5 cm³/mol. The maximum absolute atomic E-state index is 12.9. The molecule has 1 aliphatic carbocycles. The molecule has 0 aromatic heterocycles. The van der Waals surface area contributed by atoms with E-state index in [9.17, 15) is 10.1 Å². The van der Waals surface area contributed by atoms with E-state index in [1.807, 2.05) is 20.8 Å². The molecule has 0 bridgehead atoms. The van der Waals surface area contributed by atoms with Gasteiger partial charge in [-0.25, -0.2) is 0 Å². The van der Waals surface area contributed by atoms with Crippen LogP contribution < -0.4 is 10.1 Å². The lowest BCUT2D eigenvalue weighted by molar-refractivity contribution is -0.146. The van der Waals surface area contributed by atoms with Gasteiger partial charge in [0, 0.05) is 12.3 Å². The third-order valence-corrected chi connectivity index (χ3v) is 4.64. The highest BCUT2D eigenvalue weighted by molar-refractivity contribution is 5.97. The van der Waals surface area contributed by atoms with Gasteiger partial charge in [0.1, 0.15) is 17.4 Å². The zero-order valence-electron chi connectivity index (χ0n) is 15.6. The molecule has 2 rings (SSSR count). The maximum Gasteiger partial charge on any atom is 0.256 e. The van der Waals surface area contributed by atoms with Crippen molar-refractivity contribution in [1.29, 1.82) is 5.26 Å². The third-order valence-electron chi connectivity index (χ3n) is 4.64. The third kappa shape index (κ3) is 4.73. The highest BCUT2D eigenvalue weighted by Gasteiger charge is 2.41. The SMILES string of the molecule is CCOC1(C(=O)Nc2ccc(OC(C)C)c(C#N)c2)CCC(C)CC1. The number of carbonyl (C=O) groups excluding carboxylic acids is 1. The summed E-state index contributed by atoms with van der Waals surface area (Å²) in [6.07, 6.45) is 3.41. The van der Waals surface area contributed by atoms with Gasteiger partial charge in [-0.2, -0.15) is 5.26 Å². The molecule has 0 aliphatic heterocycles. The Morgan fingerprint density at radius 3 is 2.64 bits per heavy atom. The molecule has 1 aromatic rings. The van der Waals surface area contributed by atoms with Crippen molar-refractivity contribution in [1.82, 2.24) is 0 Å². The molecule has 5 heteroatoms. The number of carbonyl (C=O) groups is 1. The van der Waals surface area contributed by atoms with Crippen LogP contribution in [0.1, 0.15) is 58.9 Å². The lowest BCUT2D eigenvalue weighted by Gasteiger charge is -2.37. The molecule has 1 N–H and O–H groups in total. The van der Waals surface area contributed by atoms with Crippen LogP contribution in [0.2, 0.25) is 0 Å². The molecule has 0 radical (unpaired) electrons. The lowest BCUT2D eigenvalue weighted by Crippen LogP contribution is -2.48. The van der Waals surface area contributed by atoms with E-state index < -0.39 is 5.60 Å². The molecule has 1 amide bonds. The summed E-state index contributed by atoms with van der Waals surface area (Å²) in [5.41, 5.74) is 0.242. The Morgan fingerprint density at radius 2 is 2.08 bits per heavy atom. The van der Waals surface area contributed by atoms with Crippen LogP contribution in [0, 0.1) is 17.2 Å². The van der Waals surface area contributed by atoms with Crippen LogP contribution >= 0.6 is 0 Å². The minimum atomic E-state index is -0.763. The summed E-state index contributed by atoms with van der Waals surface area (Å²) in [5.74, 6) is 1.03. The van der Waals surface area contributed by atoms with E-state index in [2.05, 4.69) is 18.3 Å². The molecule has 1 aliphatic rings. The first-order chi connectivity index (χ1) is 11.9. The summed E-state index contributed by atoms with van der Waals surface area (Å²) in [6, 6.07) is 7.27. The minimum Gasteiger partial charge on any atom is -0.490 e. The van der Waals surface area contributed by atoms with Crippen molar-refractivity contribution in [2.75, 3.05) is 11.9 Å². The Hall–Kier alpha value is -2.06. The number of ether oxygens (including phenoxy) is 2. The summed E-state index contributed by atoms with van der Waals surface area (Å²) in [6.45, 7) is 8.45. The number of nitrogens with zero attached hydrogens (tertiary/aromatic N) is 1. The van der Waals surface area contributed by atoms with Crippen LogP contribution in [0.25, 0.3) is 0 Å². The molecule has 1 fully saturated rings. The zero-order valence-corrected chi connectivity index (χ0v) is 15.6. The molecule has 136 valence electrons. The van der Waals surface area contributed by atoms with Crippen LogP contribution in [0.3, 0.4) is 0 Å². The molecule has 1 saturated carbocycles. The Balaban J connectivity index is 2.17. The van der Waals surface area contributed by atoms with Gasteiger partial charge in [0.25, 0.3) is 5.91 Å². The van der Waals surface area contributed by atoms with Crippen LogP contribution in [-0.4, -0.2) is 24.2 Å². The van der Waals surface area contributed by atoms with Crippen molar-refractivity contribution in [3.05, 3.63) is 23.8 Å². The minimum absolute atomic E-state index is 0.0157. The normalized spacial score (nSPS) is 23.1. The Bertz CT molecular complexity index is 641. The number of hydrogen-bond donors (Lipinski definition) is 1. The fraction of sp³-hybridized carbons (Fsp3) is 0.600. The van der Waals surface area contributed by atoms with E-state index in [0.29, 0.717) is 29.5 Å². The van der Waals surface area contributed by atoms with Gasteiger partial charge in [-0.1, -0.05) is 6.92 Å². The van der Waals surface area contributed by atoms with Gasteiger partial charge in [0.05, 0.1) is 11.7 Å². The lowest BCUT2D eigenvalue weighted by atomic mass is 9.78. The van der Waals surface area contributed by atoms with Gasteiger partial charge < -0.3 is 14.8 Å². The molecule has 5 nitrogen and oxygen atoms in total. The highest BCUT2D eigenvalue weighted by Crippen LogP contribution is 2.36. The maximum atomic E-state index is 12.9. The van der Waals surface area contributed by atoms with Gasteiger partial charge in [0.2, 0.25) is 0 Å². The second kappa shape index (κ2) is 8.35. The van der Waals surface area contributed by atoms with Gasteiger partial charge >= 0.3 is 0 Å². The summed E-state index contributed by atoms with van der Waals surface area (Å²) in [5, 5.41) is 12.3. The van der Waals surface area contributed by atoms with Crippen LogP contribution in [-0.2, 0) is 9.53 Å². The van der Waals surface area contributed by atoms with E-state index in [1.54, 1.807) is 18.2 Å². The topological polar surface area (TPSA) is 71.3 Å². The fourth-order valence-electron chi connectivity index (χ4n) is 3.24. The molecule has 0 spiro atoms. The van der Waals surface area contributed by atoms with E-state index in [-0.39, 0.29) is 12.0 Å². The number of rotatable bonds is 6. The molecular weight excluding hydrogens is 316 g/mol. The zero-order chi connectivity index (χ0) is 18.4. The predicted octanol–water partition coefficient (Wildman–Crippen LogP) is 4.27. The molecule has 0 heterocycles. The van der Waals surface area contributed by atoms with Crippen LogP contribution in [0.4, 0.5) is 5.69 Å². The van der Waals surface area contributed by atoms with Gasteiger partial charge in [-0.05, 0) is 70.6 Å². The number of benzene rings is 1. The molecule has 25 heavy (non-hydrogen) atoms. The van der Waals surface area contributed by atoms with E-state index in [0.717, 1.165) is 25.7 Å². The number of anilines is 1. The van der Waals surface area contributed by atoms with Crippen LogP contribution in [0.5, 0.6) is 5.75 Å². The fourth-order valence-corrected chi connectivity index (χ4v) is 3.24. The molecule has 0 saturated heterocycles. The summed E-state index contributed by atoms with van der Waals surface area (Å²) in [4.78, 5) is 12.9. The Kier molecular flexibility index (Phi) is 6.44. The molecule has 0 atom stereocenters. The summed E-state index contributed by atoms with van der Waals surface area (Å²) >= 11 is 0. The number of hydrogen-bond acceptors (Lipinski definition) is 4. The van der Waals surface area contributed by atoms with E-state index >= 15 is 0 Å². The number of nitriles is 1.